The Bertz CT molecular complexity index is 436. The number of halogens is 1. The zero-order valence-electron chi connectivity index (χ0n) is 10.7. The molecule has 0 saturated carbocycles. The molecule has 1 aliphatic heterocycles. The number of nitrogens with one attached hydrogen (secondary N) is 2. The molecule has 0 bridgehead atoms. The lowest BCUT2D eigenvalue weighted by Crippen LogP contribution is -2.45. The Balaban J connectivity index is 1.98. The van der Waals surface area contributed by atoms with Crippen molar-refractivity contribution in [2.24, 2.45) is 0 Å². The van der Waals surface area contributed by atoms with Crippen molar-refractivity contribution in [1.29, 1.82) is 0 Å². The maximum absolute atomic E-state index is 13.2. The Hall–Kier alpha value is -1.42. The summed E-state index contributed by atoms with van der Waals surface area (Å²) in [5.41, 5.74) is 0.979. The summed E-state index contributed by atoms with van der Waals surface area (Å²) in [5, 5.41) is 6.35. The van der Waals surface area contributed by atoms with Gasteiger partial charge < -0.3 is 10.6 Å². The van der Waals surface area contributed by atoms with Crippen LogP contribution in [0.2, 0.25) is 0 Å². The number of amides is 1. The number of benzene rings is 1. The minimum atomic E-state index is -0.201. The van der Waals surface area contributed by atoms with Crippen LogP contribution in [0, 0.1) is 5.82 Å². The van der Waals surface area contributed by atoms with Crippen LogP contribution in [-0.2, 0) is 4.79 Å². The molecule has 2 rings (SSSR count). The van der Waals surface area contributed by atoms with E-state index in [4.69, 9.17) is 0 Å². The van der Waals surface area contributed by atoms with Crippen molar-refractivity contribution in [2.45, 2.75) is 44.8 Å². The molecule has 0 spiro atoms. The van der Waals surface area contributed by atoms with Crippen LogP contribution in [0.4, 0.5) is 4.39 Å². The van der Waals surface area contributed by atoms with Crippen LogP contribution in [0.5, 0.6) is 0 Å². The van der Waals surface area contributed by atoms with Crippen LogP contribution in [0.3, 0.4) is 0 Å². The van der Waals surface area contributed by atoms with Crippen LogP contribution >= 0.6 is 0 Å². The van der Waals surface area contributed by atoms with Gasteiger partial charge in [0.15, 0.2) is 0 Å². The molecule has 18 heavy (non-hydrogen) atoms. The maximum atomic E-state index is 13.2. The van der Waals surface area contributed by atoms with Crippen molar-refractivity contribution in [1.82, 2.24) is 10.6 Å². The molecular weight excluding hydrogens is 231 g/mol. The molecule has 0 radical (unpaired) electrons. The first kappa shape index (κ1) is 13.0. The average molecular weight is 250 g/mol. The van der Waals surface area contributed by atoms with E-state index in [2.05, 4.69) is 10.6 Å². The molecule has 1 heterocycles. The lowest BCUT2D eigenvalue weighted by molar-refractivity contribution is -0.119. The van der Waals surface area contributed by atoms with Gasteiger partial charge in [0, 0.05) is 25.0 Å². The van der Waals surface area contributed by atoms with Gasteiger partial charge in [-0.1, -0.05) is 12.1 Å². The Morgan fingerprint density at radius 1 is 1.50 bits per heavy atom. The summed E-state index contributed by atoms with van der Waals surface area (Å²) in [6.07, 6.45) is 1.96. The molecular formula is C14H19FN2O. The molecule has 0 aliphatic carbocycles. The lowest BCUT2D eigenvalue weighted by Gasteiger charge is -2.21. The molecule has 0 aromatic heterocycles. The van der Waals surface area contributed by atoms with Gasteiger partial charge in [-0.3, -0.25) is 4.79 Å². The minimum absolute atomic E-state index is 0.0153. The fraction of sp³-hybridized carbons (Fsp3) is 0.500. The van der Waals surface area contributed by atoms with E-state index in [0.29, 0.717) is 0 Å². The van der Waals surface area contributed by atoms with Crippen molar-refractivity contribution in [3.05, 3.63) is 35.6 Å². The van der Waals surface area contributed by atoms with Crippen LogP contribution in [0.25, 0.3) is 0 Å². The highest BCUT2D eigenvalue weighted by Crippen LogP contribution is 2.28. The molecule has 1 saturated heterocycles. The van der Waals surface area contributed by atoms with E-state index in [1.165, 1.54) is 13.0 Å². The first-order valence-electron chi connectivity index (χ1n) is 6.35. The summed E-state index contributed by atoms with van der Waals surface area (Å²) >= 11 is 0. The summed E-state index contributed by atoms with van der Waals surface area (Å²) in [4.78, 5) is 11.0. The third-order valence-electron chi connectivity index (χ3n) is 3.47. The topological polar surface area (TPSA) is 41.1 Å². The predicted octanol–water partition coefficient (Wildman–Crippen LogP) is 2.14. The summed E-state index contributed by atoms with van der Waals surface area (Å²) in [6.45, 7) is 3.52. The maximum Gasteiger partial charge on any atom is 0.217 e. The van der Waals surface area contributed by atoms with Gasteiger partial charge in [-0.05, 0) is 37.5 Å². The second kappa shape index (κ2) is 5.48. The van der Waals surface area contributed by atoms with Gasteiger partial charge in [-0.15, -0.1) is 0 Å². The van der Waals surface area contributed by atoms with Gasteiger partial charge in [0.05, 0.1) is 0 Å². The number of hydrogen-bond acceptors (Lipinski definition) is 2. The zero-order chi connectivity index (χ0) is 13.1. The van der Waals surface area contributed by atoms with E-state index in [9.17, 15) is 9.18 Å². The van der Waals surface area contributed by atoms with E-state index < -0.39 is 0 Å². The van der Waals surface area contributed by atoms with Crippen molar-refractivity contribution < 1.29 is 9.18 Å². The first-order valence-corrected chi connectivity index (χ1v) is 6.35. The molecule has 1 aromatic carbocycles. The molecule has 3 atom stereocenters. The van der Waals surface area contributed by atoms with Gasteiger partial charge in [-0.25, -0.2) is 4.39 Å². The van der Waals surface area contributed by atoms with Crippen LogP contribution < -0.4 is 10.6 Å². The third kappa shape index (κ3) is 3.07. The van der Waals surface area contributed by atoms with Crippen LogP contribution in [0.1, 0.15) is 38.3 Å². The molecule has 4 heteroatoms. The molecule has 2 unspecified atom stereocenters. The Morgan fingerprint density at radius 2 is 2.28 bits per heavy atom. The molecule has 2 N–H and O–H groups in total. The van der Waals surface area contributed by atoms with Gasteiger partial charge in [0.2, 0.25) is 5.91 Å². The van der Waals surface area contributed by atoms with Gasteiger partial charge in [0.1, 0.15) is 5.82 Å². The van der Waals surface area contributed by atoms with E-state index >= 15 is 0 Å². The van der Waals surface area contributed by atoms with Crippen molar-refractivity contribution >= 4 is 5.91 Å². The molecule has 1 aromatic rings. The fourth-order valence-electron chi connectivity index (χ4n) is 2.57. The number of hydrogen-bond donors (Lipinski definition) is 2. The third-order valence-corrected chi connectivity index (χ3v) is 3.47. The second-order valence-corrected chi connectivity index (χ2v) is 4.95. The second-order valence-electron chi connectivity index (χ2n) is 4.95. The van der Waals surface area contributed by atoms with Crippen molar-refractivity contribution in [3.8, 4) is 0 Å². The highest BCUT2D eigenvalue weighted by atomic mass is 19.1. The fourth-order valence-corrected chi connectivity index (χ4v) is 2.57. The average Bonchev–Trinajstić information content (AvgIpc) is 2.77. The number of carbonyl (C=O) groups excluding carboxylic acids is 1. The predicted molar refractivity (Wildman–Crippen MR) is 68.6 cm³/mol. The Labute approximate surface area is 107 Å². The molecule has 3 nitrogen and oxygen atoms in total. The minimum Gasteiger partial charge on any atom is -0.352 e. The van der Waals surface area contributed by atoms with E-state index in [-0.39, 0.29) is 29.8 Å². The lowest BCUT2D eigenvalue weighted by atomic mass is 10.0. The van der Waals surface area contributed by atoms with E-state index in [1.807, 2.05) is 13.0 Å². The summed E-state index contributed by atoms with van der Waals surface area (Å²) in [7, 11) is 0. The monoisotopic (exact) mass is 250 g/mol. The van der Waals surface area contributed by atoms with E-state index in [1.54, 1.807) is 12.1 Å². The zero-order valence-corrected chi connectivity index (χ0v) is 10.7. The normalized spacial score (nSPS) is 24.8. The highest BCUT2D eigenvalue weighted by Gasteiger charge is 2.29. The van der Waals surface area contributed by atoms with Gasteiger partial charge in [-0.2, -0.15) is 0 Å². The Morgan fingerprint density at radius 3 is 2.94 bits per heavy atom. The molecule has 1 fully saturated rings. The summed E-state index contributed by atoms with van der Waals surface area (Å²) in [6, 6.07) is 7.23. The van der Waals surface area contributed by atoms with E-state index in [0.717, 1.165) is 18.4 Å². The van der Waals surface area contributed by atoms with Crippen LogP contribution in [0.15, 0.2) is 24.3 Å². The van der Waals surface area contributed by atoms with Crippen molar-refractivity contribution in [2.75, 3.05) is 0 Å². The first-order chi connectivity index (χ1) is 8.56. The Kier molecular flexibility index (Phi) is 3.97. The summed E-state index contributed by atoms with van der Waals surface area (Å²) in [5.74, 6) is -0.217. The standard InChI is InChI=1S/C14H19FN2O/c1-9(16-10(2)18)13-6-7-14(17-13)11-4-3-5-12(15)8-11/h3-5,8-9,13-14,17H,6-7H2,1-2H3,(H,16,18)/t9-,13?,14?/m0/s1. The SMILES string of the molecule is CC(=O)N[C@@H](C)C1CCC(c2cccc(F)c2)N1. The number of rotatable bonds is 3. The number of carbonyl (C=O) groups is 1. The smallest absolute Gasteiger partial charge is 0.217 e. The highest BCUT2D eigenvalue weighted by molar-refractivity contribution is 5.73. The summed E-state index contributed by atoms with van der Waals surface area (Å²) < 4.78 is 13.2. The largest absolute Gasteiger partial charge is 0.352 e. The van der Waals surface area contributed by atoms with Crippen molar-refractivity contribution in [3.63, 3.8) is 0 Å². The molecule has 1 aliphatic rings. The quantitative estimate of drug-likeness (QED) is 0.863. The van der Waals surface area contributed by atoms with Crippen LogP contribution in [-0.4, -0.2) is 18.0 Å². The van der Waals surface area contributed by atoms with Gasteiger partial charge in [0.25, 0.3) is 0 Å². The van der Waals surface area contributed by atoms with Gasteiger partial charge >= 0.3 is 0 Å². The molecule has 98 valence electrons. The molecule has 1 amide bonds.